The molecule has 0 radical (unpaired) electrons. The van der Waals surface area contributed by atoms with Crippen LogP contribution in [0.5, 0.6) is 0 Å². The lowest BCUT2D eigenvalue weighted by molar-refractivity contribution is -0.356. The molecule has 9 N–H and O–H groups in total. The Kier molecular flexibility index (Phi) is 10.4. The summed E-state index contributed by atoms with van der Waals surface area (Å²) >= 11 is 0. The Morgan fingerprint density at radius 1 is 0.736 bits per heavy atom. The number of hydrogen-bond donors (Lipinski definition) is 9. The zero-order valence-corrected chi connectivity index (χ0v) is 32.7. The van der Waals surface area contributed by atoms with Gasteiger partial charge in [0.05, 0.1) is 43.2 Å². The van der Waals surface area contributed by atoms with Crippen molar-refractivity contribution in [1.82, 2.24) is 0 Å². The van der Waals surface area contributed by atoms with Gasteiger partial charge in [-0.25, -0.2) is 0 Å². The molecule has 7 rings (SSSR count). The SMILES string of the molecule is C[C@H](CC[C@@H](O)C(C)(C)O)[C@H]1[C@@H](O)C[C@@]2(C)[C@@H]3C[C@H](O)[C@H]4C(C)(C)[C@@H](O[C@@H]5OC[C@@H](O)[C@H](O)[C@H]5O[C@@H]5OC[C@H](O)[C@H](O)[C@H]5O)CC[C@@]45C[C@@]35CC[C@]12C. The maximum Gasteiger partial charge on any atom is 0.186 e. The van der Waals surface area contributed by atoms with Crippen LogP contribution in [0.4, 0.5) is 0 Å². The average Bonchev–Trinajstić information content (AvgIpc) is 3.66. The maximum absolute atomic E-state index is 12.3. The Hall–Kier alpha value is -0.520. The minimum absolute atomic E-state index is 0.0511. The van der Waals surface area contributed by atoms with Crippen molar-refractivity contribution >= 4 is 0 Å². The smallest absolute Gasteiger partial charge is 0.186 e. The molecule has 0 bridgehead atoms. The first kappa shape index (κ1) is 40.7. The topological polar surface area (TPSA) is 219 Å². The minimum Gasteiger partial charge on any atom is -0.393 e. The summed E-state index contributed by atoms with van der Waals surface area (Å²) in [6, 6.07) is 0. The molecule has 0 amide bonds. The molecule has 5 saturated carbocycles. The van der Waals surface area contributed by atoms with E-state index < -0.39 is 84.6 Å². The van der Waals surface area contributed by atoms with Gasteiger partial charge in [0.1, 0.15) is 36.6 Å². The summed E-state index contributed by atoms with van der Waals surface area (Å²) in [5.41, 5.74) is -2.05. The normalized spacial score (nSPS) is 54.6. The fourth-order valence-electron chi connectivity index (χ4n) is 13.9. The van der Waals surface area contributed by atoms with Gasteiger partial charge in [0, 0.05) is 0 Å². The van der Waals surface area contributed by atoms with Gasteiger partial charge in [-0.3, -0.25) is 0 Å². The third-order valence-electron chi connectivity index (χ3n) is 16.9. The molecular formula is C40H68O13. The lowest BCUT2D eigenvalue weighted by atomic mass is 9.41. The molecular weight excluding hydrogens is 688 g/mol. The molecule has 7 aliphatic rings. The maximum atomic E-state index is 12.3. The predicted octanol–water partition coefficient (Wildman–Crippen LogP) is 1.20. The van der Waals surface area contributed by atoms with Crippen LogP contribution in [0.15, 0.2) is 0 Å². The van der Waals surface area contributed by atoms with E-state index in [0.717, 1.165) is 25.7 Å². The summed E-state index contributed by atoms with van der Waals surface area (Å²) in [7, 11) is 0. The molecule has 0 unspecified atom stereocenters. The third kappa shape index (κ3) is 6.04. The summed E-state index contributed by atoms with van der Waals surface area (Å²) < 4.78 is 24.0. The number of aliphatic hydroxyl groups excluding tert-OH is 8. The van der Waals surface area contributed by atoms with Gasteiger partial charge in [-0.15, -0.1) is 0 Å². The first-order valence-electron chi connectivity index (χ1n) is 20.3. The van der Waals surface area contributed by atoms with Gasteiger partial charge in [-0.1, -0.05) is 34.6 Å². The standard InChI is InChI=1S/C40H68O13/c1-19(8-9-25(45)36(4,5)49)27-21(42)15-38(7)24-14-20(41)32-35(2,3)26(10-11-40(32)18-39(24,40)13-12-37(27,38)6)52-34-31(29(47)23(44)17-51-34)53-33-30(48)28(46)22(43)16-50-33/h19-34,41-49H,8-18H2,1-7H3/t19-,20+,21+,22+,23-,24+,25-,26+,27+,28+,29+,30-,31-,32+,33+,34+,37-,38+,39+,40-/m1/s1. The molecule has 53 heavy (non-hydrogen) atoms. The Bertz CT molecular complexity index is 1340. The van der Waals surface area contributed by atoms with Gasteiger partial charge in [-0.2, -0.15) is 0 Å². The van der Waals surface area contributed by atoms with Crippen LogP contribution in [0.1, 0.15) is 106 Å². The number of ether oxygens (including phenoxy) is 4. The molecule has 7 fully saturated rings. The summed E-state index contributed by atoms with van der Waals surface area (Å²) in [6.07, 6.45) is -6.14. The van der Waals surface area contributed by atoms with Crippen molar-refractivity contribution in [2.45, 2.75) is 185 Å². The molecule has 2 spiro atoms. The van der Waals surface area contributed by atoms with Gasteiger partial charge < -0.3 is 64.9 Å². The number of aliphatic hydroxyl groups is 9. The summed E-state index contributed by atoms with van der Waals surface area (Å²) in [5.74, 6) is 0.384. The van der Waals surface area contributed by atoms with E-state index in [1.54, 1.807) is 13.8 Å². The average molecular weight is 757 g/mol. The lowest BCUT2D eigenvalue weighted by Gasteiger charge is -2.64. The summed E-state index contributed by atoms with van der Waals surface area (Å²) in [4.78, 5) is 0. The van der Waals surface area contributed by atoms with Gasteiger partial charge in [0.25, 0.3) is 0 Å². The van der Waals surface area contributed by atoms with Crippen LogP contribution in [0.3, 0.4) is 0 Å². The Morgan fingerprint density at radius 3 is 2.04 bits per heavy atom. The Balaban J connectivity index is 1.09. The molecule has 2 saturated heterocycles. The highest BCUT2D eigenvalue weighted by molar-refractivity contribution is 5.32. The van der Waals surface area contributed by atoms with Gasteiger partial charge in [-0.05, 0) is 122 Å². The molecule has 0 aromatic carbocycles. The van der Waals surface area contributed by atoms with E-state index in [4.69, 9.17) is 18.9 Å². The second kappa shape index (κ2) is 13.5. The summed E-state index contributed by atoms with van der Waals surface area (Å²) in [6.45, 7) is 14.0. The summed E-state index contributed by atoms with van der Waals surface area (Å²) in [5, 5.41) is 97.2. The highest BCUT2D eigenvalue weighted by Crippen LogP contribution is 2.89. The molecule has 0 aromatic rings. The quantitative estimate of drug-likeness (QED) is 0.151. The van der Waals surface area contributed by atoms with Gasteiger partial charge in [0.2, 0.25) is 0 Å². The van der Waals surface area contributed by atoms with Crippen LogP contribution in [0.2, 0.25) is 0 Å². The van der Waals surface area contributed by atoms with Crippen molar-refractivity contribution in [2.24, 2.45) is 50.7 Å². The van der Waals surface area contributed by atoms with E-state index in [1.807, 2.05) is 0 Å². The first-order valence-corrected chi connectivity index (χ1v) is 20.3. The van der Waals surface area contributed by atoms with Crippen molar-refractivity contribution < 1.29 is 64.9 Å². The largest absolute Gasteiger partial charge is 0.393 e. The van der Waals surface area contributed by atoms with Crippen LogP contribution >= 0.6 is 0 Å². The fraction of sp³-hybridized carbons (Fsp3) is 1.00. The zero-order chi connectivity index (χ0) is 38.8. The van der Waals surface area contributed by atoms with Crippen LogP contribution in [-0.4, -0.2) is 138 Å². The van der Waals surface area contributed by atoms with E-state index in [9.17, 15) is 46.0 Å². The third-order valence-corrected chi connectivity index (χ3v) is 16.9. The van der Waals surface area contributed by atoms with E-state index in [0.29, 0.717) is 32.1 Å². The van der Waals surface area contributed by atoms with Crippen molar-refractivity contribution in [3.63, 3.8) is 0 Å². The molecule has 306 valence electrons. The van der Waals surface area contributed by atoms with Gasteiger partial charge >= 0.3 is 0 Å². The number of fused-ring (bicyclic) bond motifs is 2. The molecule has 0 aromatic heterocycles. The van der Waals surface area contributed by atoms with E-state index in [2.05, 4.69) is 34.6 Å². The van der Waals surface area contributed by atoms with Crippen molar-refractivity contribution in [3.05, 3.63) is 0 Å². The molecule has 13 heteroatoms. The molecule has 5 aliphatic carbocycles. The second-order valence-electron chi connectivity index (χ2n) is 20.3. The van der Waals surface area contributed by atoms with Gasteiger partial charge in [0.15, 0.2) is 12.6 Å². The highest BCUT2D eigenvalue weighted by atomic mass is 16.7. The monoisotopic (exact) mass is 756 g/mol. The first-order chi connectivity index (χ1) is 24.6. The van der Waals surface area contributed by atoms with Crippen LogP contribution < -0.4 is 0 Å². The molecule has 20 atom stereocenters. The predicted molar refractivity (Wildman–Crippen MR) is 190 cm³/mol. The molecule has 13 nitrogen and oxygen atoms in total. The van der Waals surface area contributed by atoms with E-state index in [1.165, 1.54) is 0 Å². The fourth-order valence-corrected chi connectivity index (χ4v) is 13.9. The van der Waals surface area contributed by atoms with Crippen molar-refractivity contribution in [3.8, 4) is 0 Å². The van der Waals surface area contributed by atoms with Crippen LogP contribution in [0, 0.1) is 50.7 Å². The van der Waals surface area contributed by atoms with E-state index in [-0.39, 0.29) is 58.5 Å². The number of rotatable bonds is 9. The van der Waals surface area contributed by atoms with Crippen molar-refractivity contribution in [2.75, 3.05) is 13.2 Å². The minimum atomic E-state index is -1.60. The van der Waals surface area contributed by atoms with Crippen LogP contribution in [0.25, 0.3) is 0 Å². The Morgan fingerprint density at radius 2 is 1.38 bits per heavy atom. The van der Waals surface area contributed by atoms with Crippen molar-refractivity contribution in [1.29, 1.82) is 0 Å². The highest BCUT2D eigenvalue weighted by Gasteiger charge is 2.84. The molecule has 2 heterocycles. The molecule has 2 aliphatic heterocycles. The number of hydrogen-bond acceptors (Lipinski definition) is 13. The Labute approximate surface area is 314 Å². The lowest BCUT2D eigenvalue weighted by Crippen LogP contribution is -2.63. The van der Waals surface area contributed by atoms with Crippen LogP contribution in [-0.2, 0) is 18.9 Å². The second-order valence-corrected chi connectivity index (χ2v) is 20.3. The van der Waals surface area contributed by atoms with E-state index >= 15 is 0 Å². The zero-order valence-electron chi connectivity index (χ0n) is 32.7.